The highest BCUT2D eigenvalue weighted by molar-refractivity contribution is 5.87. The Morgan fingerprint density at radius 3 is 2.48 bits per heavy atom. The van der Waals surface area contributed by atoms with E-state index in [2.05, 4.69) is 34.6 Å². The molecule has 0 aliphatic heterocycles. The lowest BCUT2D eigenvalue weighted by molar-refractivity contribution is 0.00913. The van der Waals surface area contributed by atoms with Crippen LogP contribution in [0.2, 0.25) is 0 Å². The summed E-state index contributed by atoms with van der Waals surface area (Å²) in [7, 11) is 0. The van der Waals surface area contributed by atoms with Crippen LogP contribution < -0.4 is 4.90 Å². The minimum absolute atomic E-state index is 0.0392. The second kappa shape index (κ2) is 12.2. The number of unbranched alkanes of at least 4 members (excludes halogenated alkanes) is 3. The molecule has 0 unspecified atom stereocenters. The van der Waals surface area contributed by atoms with Crippen LogP contribution in [-0.4, -0.2) is 18.7 Å². The topological polar surface area (TPSA) is 29.5 Å². The number of benzene rings is 1. The summed E-state index contributed by atoms with van der Waals surface area (Å²) in [6.45, 7) is 12.0. The van der Waals surface area contributed by atoms with Gasteiger partial charge in [0, 0.05) is 12.2 Å². The van der Waals surface area contributed by atoms with E-state index in [1.807, 2.05) is 35.2 Å². The second-order valence-corrected chi connectivity index (χ2v) is 9.65. The van der Waals surface area contributed by atoms with Crippen LogP contribution in [0.3, 0.4) is 0 Å². The number of amides is 1. The molecule has 1 aliphatic carbocycles. The molecule has 164 valence electrons. The molecule has 3 nitrogen and oxygen atoms in total. The Hall–Kier alpha value is -1.51. The van der Waals surface area contributed by atoms with E-state index in [-0.39, 0.29) is 12.2 Å². The molecule has 0 saturated heterocycles. The fourth-order valence-electron chi connectivity index (χ4n) is 4.66. The van der Waals surface area contributed by atoms with Gasteiger partial charge in [0.15, 0.2) is 0 Å². The molecule has 1 aliphatic rings. The molecule has 0 radical (unpaired) electrons. The molecule has 0 bridgehead atoms. The van der Waals surface area contributed by atoms with Crippen LogP contribution in [0.1, 0.15) is 86.0 Å². The Labute approximate surface area is 179 Å². The van der Waals surface area contributed by atoms with Crippen LogP contribution in [0, 0.1) is 23.7 Å². The number of hydrogen-bond acceptors (Lipinski definition) is 2. The van der Waals surface area contributed by atoms with E-state index in [1.54, 1.807) is 0 Å². The molecule has 0 heterocycles. The van der Waals surface area contributed by atoms with Gasteiger partial charge in [0.05, 0.1) is 0 Å². The number of rotatable bonds is 10. The number of hydrogen-bond donors (Lipinski definition) is 0. The highest BCUT2D eigenvalue weighted by atomic mass is 16.6. The summed E-state index contributed by atoms with van der Waals surface area (Å²) in [6.07, 6.45) is 9.51. The van der Waals surface area contributed by atoms with Crippen molar-refractivity contribution in [3.05, 3.63) is 30.3 Å². The highest BCUT2D eigenvalue weighted by Crippen LogP contribution is 2.36. The fourth-order valence-corrected chi connectivity index (χ4v) is 4.66. The third kappa shape index (κ3) is 7.68. The zero-order valence-electron chi connectivity index (χ0n) is 19.4. The van der Waals surface area contributed by atoms with Gasteiger partial charge in [0.25, 0.3) is 0 Å². The van der Waals surface area contributed by atoms with E-state index in [0.717, 1.165) is 31.5 Å². The van der Waals surface area contributed by atoms with Gasteiger partial charge in [-0.1, -0.05) is 84.9 Å². The maximum Gasteiger partial charge on any atom is 0.414 e. The first kappa shape index (κ1) is 23.8. The van der Waals surface area contributed by atoms with E-state index in [0.29, 0.717) is 23.7 Å². The maximum absolute atomic E-state index is 13.3. The van der Waals surface area contributed by atoms with Gasteiger partial charge in [0.1, 0.15) is 6.10 Å². The van der Waals surface area contributed by atoms with E-state index in [4.69, 9.17) is 4.74 Å². The molecule has 0 spiro atoms. The molecule has 3 heteroatoms. The molecule has 4 atom stereocenters. The molecule has 0 aromatic heterocycles. The van der Waals surface area contributed by atoms with Crippen LogP contribution in [-0.2, 0) is 4.74 Å². The summed E-state index contributed by atoms with van der Waals surface area (Å²) in [4.78, 5) is 15.2. The van der Waals surface area contributed by atoms with Crippen LogP contribution in [0.4, 0.5) is 10.5 Å². The summed E-state index contributed by atoms with van der Waals surface area (Å²) in [5, 5.41) is 0. The van der Waals surface area contributed by atoms with Crippen LogP contribution in [0.5, 0.6) is 0 Å². The van der Waals surface area contributed by atoms with Gasteiger partial charge in [-0.15, -0.1) is 0 Å². The number of carbonyl (C=O) groups is 1. The van der Waals surface area contributed by atoms with Gasteiger partial charge < -0.3 is 4.74 Å². The SMILES string of the molecule is CCCCCC[C@@H](C)CN(C(=O)O[C@H]1C[C@@H](C)CC[C@@H]1C(C)C)c1ccccc1. The van der Waals surface area contributed by atoms with Crippen molar-refractivity contribution in [3.63, 3.8) is 0 Å². The highest BCUT2D eigenvalue weighted by Gasteiger charge is 2.34. The largest absolute Gasteiger partial charge is 0.446 e. The summed E-state index contributed by atoms with van der Waals surface area (Å²) in [6, 6.07) is 10.0. The van der Waals surface area contributed by atoms with Crippen LogP contribution in [0.15, 0.2) is 30.3 Å². The van der Waals surface area contributed by atoms with Gasteiger partial charge in [-0.05, 0) is 55.1 Å². The number of nitrogens with zero attached hydrogens (tertiary/aromatic N) is 1. The minimum Gasteiger partial charge on any atom is -0.446 e. The average Bonchev–Trinajstić information content (AvgIpc) is 2.70. The van der Waals surface area contributed by atoms with Crippen molar-refractivity contribution in [1.29, 1.82) is 0 Å². The lowest BCUT2D eigenvalue weighted by Crippen LogP contribution is -2.42. The standard InChI is InChI=1S/C26H43NO2/c1-6-7-8-10-13-22(5)19-27(23-14-11-9-12-15-23)26(28)29-25-18-21(4)16-17-24(25)20(2)3/h9,11-12,14-15,20-22,24-25H,6-8,10,13,16-19H2,1-5H3/t21-,22+,24+,25-/m0/s1. The fraction of sp³-hybridized carbons (Fsp3) is 0.731. The smallest absolute Gasteiger partial charge is 0.414 e. The van der Waals surface area contributed by atoms with Gasteiger partial charge >= 0.3 is 6.09 Å². The summed E-state index contributed by atoms with van der Waals surface area (Å²) in [5.74, 6) is 2.11. The number of ether oxygens (including phenoxy) is 1. The molecule has 1 saturated carbocycles. The Bertz CT molecular complexity index is 586. The molecular weight excluding hydrogens is 358 g/mol. The lowest BCUT2D eigenvalue weighted by atomic mass is 9.75. The Morgan fingerprint density at radius 2 is 1.83 bits per heavy atom. The molecule has 1 aromatic carbocycles. The molecule has 1 amide bonds. The first-order valence-corrected chi connectivity index (χ1v) is 12.0. The van der Waals surface area contributed by atoms with E-state index in [1.165, 1.54) is 32.1 Å². The summed E-state index contributed by atoms with van der Waals surface area (Å²) < 4.78 is 6.18. The number of para-hydroxylation sites is 1. The predicted octanol–water partition coefficient (Wildman–Crippen LogP) is 7.70. The zero-order chi connectivity index (χ0) is 21.2. The molecular formula is C26H43NO2. The normalized spacial score (nSPS) is 23.0. The second-order valence-electron chi connectivity index (χ2n) is 9.65. The van der Waals surface area contributed by atoms with Gasteiger partial charge in [0.2, 0.25) is 0 Å². The van der Waals surface area contributed by atoms with Crippen LogP contribution >= 0.6 is 0 Å². The van der Waals surface area contributed by atoms with Gasteiger partial charge in [-0.25, -0.2) is 4.79 Å². The van der Waals surface area contributed by atoms with Crippen molar-refractivity contribution in [2.45, 2.75) is 92.1 Å². The van der Waals surface area contributed by atoms with E-state index in [9.17, 15) is 4.79 Å². The van der Waals surface area contributed by atoms with Crippen molar-refractivity contribution >= 4 is 11.8 Å². The Morgan fingerprint density at radius 1 is 1.10 bits per heavy atom. The number of anilines is 1. The van der Waals surface area contributed by atoms with Crippen molar-refractivity contribution < 1.29 is 9.53 Å². The monoisotopic (exact) mass is 401 g/mol. The molecule has 1 aromatic rings. The summed E-state index contributed by atoms with van der Waals surface area (Å²) >= 11 is 0. The molecule has 0 N–H and O–H groups in total. The van der Waals surface area contributed by atoms with Gasteiger partial charge in [-0.2, -0.15) is 0 Å². The Balaban J connectivity index is 2.06. The lowest BCUT2D eigenvalue weighted by Gasteiger charge is -2.38. The third-order valence-corrected chi connectivity index (χ3v) is 6.55. The Kier molecular flexibility index (Phi) is 10.0. The third-order valence-electron chi connectivity index (χ3n) is 6.55. The quantitative estimate of drug-likeness (QED) is 0.376. The molecule has 29 heavy (non-hydrogen) atoms. The molecule has 1 fully saturated rings. The van der Waals surface area contributed by atoms with Crippen molar-refractivity contribution in [3.8, 4) is 0 Å². The van der Waals surface area contributed by atoms with E-state index < -0.39 is 0 Å². The van der Waals surface area contributed by atoms with Gasteiger partial charge in [-0.3, -0.25) is 4.90 Å². The maximum atomic E-state index is 13.3. The van der Waals surface area contributed by atoms with Crippen LogP contribution in [0.25, 0.3) is 0 Å². The zero-order valence-corrected chi connectivity index (χ0v) is 19.4. The predicted molar refractivity (Wildman–Crippen MR) is 123 cm³/mol. The van der Waals surface area contributed by atoms with E-state index >= 15 is 0 Å². The van der Waals surface area contributed by atoms with Crippen molar-refractivity contribution in [2.75, 3.05) is 11.4 Å². The molecule has 2 rings (SSSR count). The van der Waals surface area contributed by atoms with Crippen molar-refractivity contribution in [2.24, 2.45) is 23.7 Å². The van der Waals surface area contributed by atoms with Crippen molar-refractivity contribution in [1.82, 2.24) is 0 Å². The summed E-state index contributed by atoms with van der Waals surface area (Å²) in [5.41, 5.74) is 0.947. The average molecular weight is 402 g/mol. The minimum atomic E-state index is -0.165. The number of carbonyl (C=O) groups excluding carboxylic acids is 1. The first-order valence-electron chi connectivity index (χ1n) is 12.0. The first-order chi connectivity index (χ1) is 13.9.